The molecule has 5 heteroatoms. The van der Waals surface area contributed by atoms with Gasteiger partial charge in [0.2, 0.25) is 0 Å². The average molecular weight is 381 g/mol. The highest BCUT2D eigenvalue weighted by atomic mass is 32.1. The second kappa shape index (κ2) is 7.92. The van der Waals surface area contributed by atoms with Crippen molar-refractivity contribution in [3.63, 3.8) is 0 Å². The molecule has 0 aliphatic carbocycles. The molecule has 0 unspecified atom stereocenters. The number of hydrogen-bond acceptors (Lipinski definition) is 4. The SMILES string of the molecule is Cc1cc(C)c(OCC(=O)Nc2nc(-c3cc(C)ccc3C)cs2)c(C)c1. The Kier molecular flexibility index (Phi) is 5.61. The average Bonchev–Trinajstić information content (AvgIpc) is 3.04. The fraction of sp³-hybridized carbons (Fsp3) is 0.273. The summed E-state index contributed by atoms with van der Waals surface area (Å²) < 4.78 is 5.75. The number of benzene rings is 2. The minimum Gasteiger partial charge on any atom is -0.483 e. The molecule has 0 aliphatic rings. The van der Waals surface area contributed by atoms with Gasteiger partial charge in [-0.2, -0.15) is 0 Å². The van der Waals surface area contributed by atoms with Crippen molar-refractivity contribution in [3.8, 4) is 17.0 Å². The van der Waals surface area contributed by atoms with E-state index in [0.29, 0.717) is 5.13 Å². The fourth-order valence-corrected chi connectivity index (χ4v) is 3.88. The minimum absolute atomic E-state index is 0.0386. The molecular formula is C22H24N2O2S. The van der Waals surface area contributed by atoms with Gasteiger partial charge in [-0.25, -0.2) is 4.98 Å². The summed E-state index contributed by atoms with van der Waals surface area (Å²) in [4.78, 5) is 16.8. The molecule has 0 radical (unpaired) electrons. The van der Waals surface area contributed by atoms with E-state index in [1.165, 1.54) is 22.5 Å². The first-order chi connectivity index (χ1) is 12.8. The van der Waals surface area contributed by atoms with Crippen molar-refractivity contribution in [2.45, 2.75) is 34.6 Å². The van der Waals surface area contributed by atoms with Crippen LogP contribution in [-0.4, -0.2) is 17.5 Å². The Morgan fingerprint density at radius 2 is 1.70 bits per heavy atom. The summed E-state index contributed by atoms with van der Waals surface area (Å²) in [6, 6.07) is 10.4. The Balaban J connectivity index is 1.66. The predicted octanol–water partition coefficient (Wildman–Crippen LogP) is 5.37. The monoisotopic (exact) mass is 380 g/mol. The Morgan fingerprint density at radius 3 is 2.41 bits per heavy atom. The summed E-state index contributed by atoms with van der Waals surface area (Å²) in [5.41, 5.74) is 7.57. The van der Waals surface area contributed by atoms with Crippen LogP contribution in [0.2, 0.25) is 0 Å². The van der Waals surface area contributed by atoms with Crippen LogP contribution >= 0.6 is 11.3 Å². The predicted molar refractivity (Wildman–Crippen MR) is 112 cm³/mol. The quantitative estimate of drug-likeness (QED) is 0.647. The fourth-order valence-electron chi connectivity index (χ4n) is 3.15. The van der Waals surface area contributed by atoms with Gasteiger partial charge in [-0.1, -0.05) is 35.4 Å². The molecule has 140 valence electrons. The van der Waals surface area contributed by atoms with Crippen LogP contribution < -0.4 is 10.1 Å². The molecule has 0 saturated carbocycles. The maximum Gasteiger partial charge on any atom is 0.264 e. The zero-order chi connectivity index (χ0) is 19.6. The molecule has 1 heterocycles. The van der Waals surface area contributed by atoms with Crippen molar-refractivity contribution < 1.29 is 9.53 Å². The number of anilines is 1. The maximum atomic E-state index is 12.3. The van der Waals surface area contributed by atoms with Crippen LogP contribution in [0.5, 0.6) is 5.75 Å². The largest absolute Gasteiger partial charge is 0.483 e. The normalized spacial score (nSPS) is 10.7. The summed E-state index contributed by atoms with van der Waals surface area (Å²) in [5.74, 6) is 0.558. The van der Waals surface area contributed by atoms with Gasteiger partial charge in [0.15, 0.2) is 11.7 Å². The molecule has 4 nitrogen and oxygen atoms in total. The van der Waals surface area contributed by atoms with Gasteiger partial charge < -0.3 is 4.74 Å². The van der Waals surface area contributed by atoms with E-state index in [1.807, 2.05) is 26.2 Å². The number of nitrogens with zero attached hydrogens (tertiary/aromatic N) is 1. The number of thiazole rings is 1. The Labute approximate surface area is 164 Å². The van der Waals surface area contributed by atoms with Crippen LogP contribution in [0, 0.1) is 34.6 Å². The number of nitrogens with one attached hydrogen (secondary N) is 1. The van der Waals surface area contributed by atoms with E-state index < -0.39 is 0 Å². The molecule has 1 aromatic heterocycles. The smallest absolute Gasteiger partial charge is 0.264 e. The highest BCUT2D eigenvalue weighted by Crippen LogP contribution is 2.28. The number of carbonyl (C=O) groups is 1. The zero-order valence-corrected chi connectivity index (χ0v) is 17.2. The number of aryl methyl sites for hydroxylation is 5. The first-order valence-electron chi connectivity index (χ1n) is 8.87. The second-order valence-corrected chi connectivity index (χ2v) is 7.78. The Hall–Kier alpha value is -2.66. The minimum atomic E-state index is -0.212. The molecule has 3 aromatic rings. The summed E-state index contributed by atoms with van der Waals surface area (Å²) in [7, 11) is 0. The molecular weight excluding hydrogens is 356 g/mol. The number of hydrogen-bond donors (Lipinski definition) is 1. The van der Waals surface area contributed by atoms with Gasteiger partial charge in [0.05, 0.1) is 5.69 Å². The molecule has 3 rings (SSSR count). The van der Waals surface area contributed by atoms with Gasteiger partial charge in [0.25, 0.3) is 5.91 Å². The van der Waals surface area contributed by atoms with Crippen LogP contribution in [0.25, 0.3) is 11.3 Å². The second-order valence-electron chi connectivity index (χ2n) is 6.92. The summed E-state index contributed by atoms with van der Waals surface area (Å²) in [5, 5.41) is 5.38. The van der Waals surface area contributed by atoms with E-state index in [1.54, 1.807) is 0 Å². The Morgan fingerprint density at radius 1 is 1.00 bits per heavy atom. The van der Waals surface area contributed by atoms with Crippen LogP contribution in [0.3, 0.4) is 0 Å². The molecule has 0 aliphatic heterocycles. The number of ether oxygens (including phenoxy) is 1. The third kappa shape index (κ3) is 4.55. The topological polar surface area (TPSA) is 51.2 Å². The van der Waals surface area contributed by atoms with E-state index in [0.717, 1.165) is 33.7 Å². The number of carbonyl (C=O) groups excluding carboxylic acids is 1. The molecule has 0 saturated heterocycles. The van der Waals surface area contributed by atoms with Gasteiger partial charge in [0, 0.05) is 10.9 Å². The number of rotatable bonds is 5. The van der Waals surface area contributed by atoms with Crippen LogP contribution in [0.4, 0.5) is 5.13 Å². The molecule has 0 atom stereocenters. The lowest BCUT2D eigenvalue weighted by Gasteiger charge is -2.12. The maximum absolute atomic E-state index is 12.3. The van der Waals surface area contributed by atoms with Crippen molar-refractivity contribution in [2.75, 3.05) is 11.9 Å². The van der Waals surface area contributed by atoms with Crippen LogP contribution in [0.1, 0.15) is 27.8 Å². The van der Waals surface area contributed by atoms with E-state index >= 15 is 0 Å². The number of aromatic nitrogens is 1. The lowest BCUT2D eigenvalue weighted by Crippen LogP contribution is -2.20. The van der Waals surface area contributed by atoms with Gasteiger partial charge in [-0.05, 0) is 57.4 Å². The van der Waals surface area contributed by atoms with E-state index in [9.17, 15) is 4.79 Å². The van der Waals surface area contributed by atoms with E-state index in [4.69, 9.17) is 4.74 Å². The molecule has 0 spiro atoms. The van der Waals surface area contributed by atoms with Crippen molar-refractivity contribution in [1.82, 2.24) is 4.98 Å². The highest BCUT2D eigenvalue weighted by Gasteiger charge is 2.12. The highest BCUT2D eigenvalue weighted by molar-refractivity contribution is 7.14. The summed E-state index contributed by atoms with van der Waals surface area (Å²) in [6.07, 6.45) is 0. The van der Waals surface area contributed by atoms with Gasteiger partial charge in [-0.3, -0.25) is 10.1 Å². The summed E-state index contributed by atoms with van der Waals surface area (Å²) in [6.45, 7) is 10.1. The van der Waals surface area contributed by atoms with Gasteiger partial charge >= 0.3 is 0 Å². The van der Waals surface area contributed by atoms with Crippen molar-refractivity contribution in [2.24, 2.45) is 0 Å². The van der Waals surface area contributed by atoms with Crippen molar-refractivity contribution in [1.29, 1.82) is 0 Å². The first kappa shape index (κ1) is 19.1. The van der Waals surface area contributed by atoms with Crippen LogP contribution in [-0.2, 0) is 4.79 Å². The molecule has 1 N–H and O–H groups in total. The zero-order valence-electron chi connectivity index (χ0n) is 16.3. The van der Waals surface area contributed by atoms with Gasteiger partial charge in [0.1, 0.15) is 5.75 Å². The standard InChI is InChI=1S/C22H24N2O2S/c1-13-6-7-15(3)18(10-13)19-12-27-22(23-19)24-20(25)11-26-21-16(4)8-14(2)9-17(21)5/h6-10,12H,11H2,1-5H3,(H,23,24,25). The molecule has 0 bridgehead atoms. The summed E-state index contributed by atoms with van der Waals surface area (Å²) >= 11 is 1.42. The molecule has 1 amide bonds. The lowest BCUT2D eigenvalue weighted by atomic mass is 10.0. The van der Waals surface area contributed by atoms with Gasteiger partial charge in [-0.15, -0.1) is 11.3 Å². The van der Waals surface area contributed by atoms with Crippen molar-refractivity contribution >= 4 is 22.4 Å². The number of amides is 1. The Bertz CT molecular complexity index is 969. The molecule has 2 aromatic carbocycles. The van der Waals surface area contributed by atoms with Crippen LogP contribution in [0.15, 0.2) is 35.7 Å². The third-order valence-electron chi connectivity index (χ3n) is 4.37. The molecule has 0 fully saturated rings. The lowest BCUT2D eigenvalue weighted by molar-refractivity contribution is -0.118. The first-order valence-corrected chi connectivity index (χ1v) is 9.75. The van der Waals surface area contributed by atoms with E-state index in [2.05, 4.69) is 54.5 Å². The molecule has 27 heavy (non-hydrogen) atoms. The van der Waals surface area contributed by atoms with E-state index in [-0.39, 0.29) is 12.5 Å². The van der Waals surface area contributed by atoms with Crippen molar-refractivity contribution in [3.05, 3.63) is 63.5 Å². The third-order valence-corrected chi connectivity index (χ3v) is 5.13.